The molecule has 2 saturated heterocycles. The second-order valence-corrected chi connectivity index (χ2v) is 9.26. The molecular formula is C23H41IN6O. The second-order valence-electron chi connectivity index (χ2n) is 9.26. The number of nitrogens with zero attached hydrogens (tertiary/aromatic N) is 5. The summed E-state index contributed by atoms with van der Waals surface area (Å²) in [4.78, 5) is 10.4. The van der Waals surface area contributed by atoms with Gasteiger partial charge in [-0.25, -0.2) is 0 Å². The Kier molecular flexibility index (Phi) is 9.46. The van der Waals surface area contributed by atoms with Crippen LogP contribution in [0, 0.1) is 0 Å². The molecule has 0 bridgehead atoms. The molecule has 0 spiro atoms. The van der Waals surface area contributed by atoms with Crippen molar-refractivity contribution in [3.63, 3.8) is 0 Å². The van der Waals surface area contributed by atoms with E-state index in [0.29, 0.717) is 0 Å². The molecule has 3 aliphatic rings. The second kappa shape index (κ2) is 11.8. The molecule has 1 aromatic rings. The Morgan fingerprint density at radius 2 is 1.90 bits per heavy atom. The Labute approximate surface area is 205 Å². The Balaban J connectivity index is 0.00000272. The van der Waals surface area contributed by atoms with Crippen molar-refractivity contribution in [1.29, 1.82) is 0 Å². The smallest absolute Gasteiger partial charge is 0.194 e. The van der Waals surface area contributed by atoms with Crippen molar-refractivity contribution >= 4 is 29.9 Å². The first-order valence-electron chi connectivity index (χ1n) is 12.1. The van der Waals surface area contributed by atoms with Crippen LogP contribution in [0.1, 0.15) is 70.0 Å². The topological polar surface area (TPSA) is 57.9 Å². The third kappa shape index (κ3) is 6.13. The Bertz CT molecular complexity index is 696. The van der Waals surface area contributed by atoms with E-state index in [9.17, 15) is 0 Å². The minimum atomic E-state index is 0. The lowest BCUT2D eigenvalue weighted by atomic mass is 9.79. The van der Waals surface area contributed by atoms with Crippen molar-refractivity contribution in [2.75, 3.05) is 45.9 Å². The van der Waals surface area contributed by atoms with Crippen molar-refractivity contribution < 1.29 is 4.74 Å². The molecule has 3 heterocycles. The van der Waals surface area contributed by atoms with Crippen molar-refractivity contribution in [1.82, 2.24) is 24.9 Å². The predicted molar refractivity (Wildman–Crippen MR) is 136 cm³/mol. The van der Waals surface area contributed by atoms with E-state index in [1.165, 1.54) is 64.5 Å². The van der Waals surface area contributed by atoms with Gasteiger partial charge in [-0.2, -0.15) is 5.10 Å². The van der Waals surface area contributed by atoms with Crippen LogP contribution in [0.15, 0.2) is 17.4 Å². The van der Waals surface area contributed by atoms with Crippen LogP contribution in [0.25, 0.3) is 0 Å². The molecule has 0 radical (unpaired) electrons. The van der Waals surface area contributed by atoms with E-state index in [4.69, 9.17) is 9.73 Å². The summed E-state index contributed by atoms with van der Waals surface area (Å²) in [5.41, 5.74) is 1.42. The van der Waals surface area contributed by atoms with E-state index in [-0.39, 0.29) is 35.6 Å². The number of guanidine groups is 1. The number of aryl methyl sites for hydroxylation is 1. The zero-order valence-electron chi connectivity index (χ0n) is 19.4. The number of rotatable bonds is 5. The molecule has 1 saturated carbocycles. The van der Waals surface area contributed by atoms with Gasteiger partial charge in [-0.15, -0.1) is 24.0 Å². The molecule has 1 unspecified atom stereocenters. The Morgan fingerprint density at radius 1 is 1.16 bits per heavy atom. The molecular weight excluding hydrogens is 503 g/mol. The minimum Gasteiger partial charge on any atom is -0.370 e. The highest BCUT2D eigenvalue weighted by Gasteiger charge is 2.38. The van der Waals surface area contributed by atoms with E-state index in [2.05, 4.69) is 33.3 Å². The summed E-state index contributed by atoms with van der Waals surface area (Å²) >= 11 is 0. The molecule has 0 aromatic carbocycles. The maximum absolute atomic E-state index is 6.06. The van der Waals surface area contributed by atoms with E-state index in [1.54, 1.807) is 0 Å². The van der Waals surface area contributed by atoms with Gasteiger partial charge in [-0.1, -0.05) is 25.7 Å². The number of hydrogen-bond acceptors (Lipinski definition) is 4. The molecule has 1 aliphatic carbocycles. The number of halogens is 1. The number of morpholine rings is 1. The average Bonchev–Trinajstić information content (AvgIpc) is 3.24. The summed E-state index contributed by atoms with van der Waals surface area (Å²) < 4.78 is 7.91. The standard InChI is InChI=1S/C23H40N6O.HI/c1-3-24-22(28-14-15-30-21(18-28)20-16-26-27(2)17-20)25-19-23(10-6-4-7-11-23)29-12-8-5-9-13-29;/h16-17,21H,3-15,18-19H2,1-2H3,(H,24,25);1H. The third-order valence-electron chi connectivity index (χ3n) is 7.13. The molecule has 1 aromatic heterocycles. The molecule has 2 aliphatic heterocycles. The average molecular weight is 545 g/mol. The highest BCUT2D eigenvalue weighted by atomic mass is 127. The molecule has 7 nitrogen and oxygen atoms in total. The lowest BCUT2D eigenvalue weighted by Crippen LogP contribution is -2.55. The highest BCUT2D eigenvalue weighted by molar-refractivity contribution is 14.0. The molecule has 1 N–H and O–H groups in total. The lowest BCUT2D eigenvalue weighted by molar-refractivity contribution is -0.00838. The molecule has 0 amide bonds. The van der Waals surface area contributed by atoms with Gasteiger partial charge in [0.25, 0.3) is 0 Å². The fourth-order valence-corrected chi connectivity index (χ4v) is 5.45. The van der Waals surface area contributed by atoms with E-state index in [1.807, 2.05) is 17.9 Å². The largest absolute Gasteiger partial charge is 0.370 e. The van der Waals surface area contributed by atoms with Gasteiger partial charge >= 0.3 is 0 Å². The summed E-state index contributed by atoms with van der Waals surface area (Å²) in [6.07, 6.45) is 14.8. The molecule has 8 heteroatoms. The maximum Gasteiger partial charge on any atom is 0.194 e. The van der Waals surface area contributed by atoms with Gasteiger partial charge in [0.05, 0.1) is 25.9 Å². The third-order valence-corrected chi connectivity index (χ3v) is 7.13. The summed E-state index contributed by atoms with van der Waals surface area (Å²) in [6.45, 7) is 8.93. The zero-order valence-corrected chi connectivity index (χ0v) is 21.7. The monoisotopic (exact) mass is 544 g/mol. The molecule has 4 rings (SSSR count). The predicted octanol–water partition coefficient (Wildman–Crippen LogP) is 3.57. The Morgan fingerprint density at radius 3 is 2.58 bits per heavy atom. The van der Waals surface area contributed by atoms with Gasteiger partial charge in [-0.05, 0) is 45.7 Å². The van der Waals surface area contributed by atoms with E-state index >= 15 is 0 Å². The number of nitrogens with one attached hydrogen (secondary N) is 1. The first kappa shape index (κ1) is 24.8. The van der Waals surface area contributed by atoms with Gasteiger partial charge in [0.15, 0.2) is 5.96 Å². The normalized spacial score (nSPS) is 25.2. The van der Waals surface area contributed by atoms with Gasteiger partial charge in [0, 0.05) is 37.4 Å². The summed E-state index contributed by atoms with van der Waals surface area (Å²) in [6, 6.07) is 0. The van der Waals surface area contributed by atoms with Gasteiger partial charge in [0.2, 0.25) is 0 Å². The molecule has 1 atom stereocenters. The minimum absolute atomic E-state index is 0. The quantitative estimate of drug-likeness (QED) is 0.349. The van der Waals surface area contributed by atoms with Crippen LogP contribution < -0.4 is 5.32 Å². The SMILES string of the molecule is CCNC(=NCC1(N2CCCCC2)CCCCC1)N1CCOC(c2cnn(C)c2)C1.I. The maximum atomic E-state index is 6.06. The van der Waals surface area contributed by atoms with Crippen LogP contribution in [0.3, 0.4) is 0 Å². The van der Waals surface area contributed by atoms with Crippen molar-refractivity contribution in [2.45, 2.75) is 69.9 Å². The summed E-state index contributed by atoms with van der Waals surface area (Å²) in [5.74, 6) is 1.05. The van der Waals surface area contributed by atoms with Crippen molar-refractivity contribution in [3.05, 3.63) is 18.0 Å². The summed E-state index contributed by atoms with van der Waals surface area (Å²) in [7, 11) is 1.96. The van der Waals surface area contributed by atoms with Crippen LogP contribution in [-0.2, 0) is 11.8 Å². The van der Waals surface area contributed by atoms with Crippen LogP contribution in [0.2, 0.25) is 0 Å². The number of aromatic nitrogens is 2. The van der Waals surface area contributed by atoms with Gasteiger partial charge < -0.3 is 15.0 Å². The number of piperidine rings is 1. The van der Waals surface area contributed by atoms with Crippen molar-refractivity contribution in [2.24, 2.45) is 12.0 Å². The van der Waals surface area contributed by atoms with E-state index in [0.717, 1.165) is 44.3 Å². The first-order valence-corrected chi connectivity index (χ1v) is 12.1. The number of hydrogen-bond donors (Lipinski definition) is 1. The molecule has 3 fully saturated rings. The molecule has 176 valence electrons. The fourth-order valence-electron chi connectivity index (χ4n) is 5.45. The summed E-state index contributed by atoms with van der Waals surface area (Å²) in [5, 5.41) is 7.89. The van der Waals surface area contributed by atoms with Crippen LogP contribution in [-0.4, -0.2) is 77.0 Å². The number of likely N-dealkylation sites (tertiary alicyclic amines) is 1. The number of ether oxygens (including phenoxy) is 1. The van der Waals surface area contributed by atoms with Gasteiger partial charge in [-0.3, -0.25) is 14.6 Å². The fraction of sp³-hybridized carbons (Fsp3) is 0.826. The van der Waals surface area contributed by atoms with Gasteiger partial charge in [0.1, 0.15) is 6.10 Å². The van der Waals surface area contributed by atoms with Crippen LogP contribution in [0.5, 0.6) is 0 Å². The van der Waals surface area contributed by atoms with E-state index < -0.39 is 0 Å². The van der Waals surface area contributed by atoms with Crippen LogP contribution >= 0.6 is 24.0 Å². The lowest BCUT2D eigenvalue weighted by Gasteiger charge is -2.47. The Hall–Kier alpha value is -0.870. The highest BCUT2D eigenvalue weighted by Crippen LogP contribution is 2.36. The number of aliphatic imine (C=N–C) groups is 1. The first-order chi connectivity index (χ1) is 14.7. The van der Waals surface area contributed by atoms with Crippen molar-refractivity contribution in [3.8, 4) is 0 Å². The zero-order chi connectivity index (χ0) is 20.8. The molecule has 31 heavy (non-hydrogen) atoms. The van der Waals surface area contributed by atoms with Crippen LogP contribution in [0.4, 0.5) is 0 Å².